The zero-order valence-corrected chi connectivity index (χ0v) is 12.9. The topological polar surface area (TPSA) is 45.0 Å². The van der Waals surface area contributed by atoms with Crippen LogP contribution in [0.25, 0.3) is 0 Å². The highest BCUT2D eigenvalue weighted by Gasteiger charge is 2.26. The molecule has 0 bridgehead atoms. The predicted octanol–water partition coefficient (Wildman–Crippen LogP) is 1.82. The Morgan fingerprint density at radius 1 is 1.00 bits per heavy atom. The van der Waals surface area contributed by atoms with Crippen LogP contribution in [0.5, 0.6) is 0 Å². The maximum absolute atomic E-state index is 5.94. The molecule has 5 nitrogen and oxygen atoms in total. The number of hydrogen-bond acceptors (Lipinski definition) is 5. The molecule has 18 heavy (non-hydrogen) atoms. The van der Waals surface area contributed by atoms with E-state index in [0.717, 1.165) is 26.3 Å². The first-order valence-electron chi connectivity index (χ1n) is 6.71. The average Bonchev–Trinajstić information content (AvgIpc) is 2.09. The van der Waals surface area contributed by atoms with Crippen molar-refractivity contribution in [3.05, 3.63) is 0 Å². The fourth-order valence-corrected chi connectivity index (χ4v) is 1.90. The van der Waals surface area contributed by atoms with Gasteiger partial charge in [0.15, 0.2) is 0 Å². The van der Waals surface area contributed by atoms with Gasteiger partial charge in [-0.2, -0.15) is 5.06 Å². The molecule has 5 heteroatoms. The molecule has 1 aliphatic heterocycles. The van der Waals surface area contributed by atoms with Crippen LogP contribution >= 0.6 is 0 Å². The van der Waals surface area contributed by atoms with Crippen LogP contribution in [0.3, 0.4) is 0 Å². The molecule has 0 aromatic carbocycles. The molecule has 108 valence electrons. The number of hydrogen-bond donors (Lipinski definition) is 1. The van der Waals surface area contributed by atoms with Gasteiger partial charge < -0.3 is 0 Å². The second-order valence-electron chi connectivity index (χ2n) is 7.40. The van der Waals surface area contributed by atoms with E-state index in [1.807, 2.05) is 5.06 Å². The molecular formula is C13H30N4O. The molecule has 0 saturated carbocycles. The Bertz CT molecular complexity index is 257. The molecule has 0 amide bonds. The lowest BCUT2D eigenvalue weighted by atomic mass is 9.92. The summed E-state index contributed by atoms with van der Waals surface area (Å²) in [5.74, 6) is 5.94. The molecule has 0 spiro atoms. The normalized spacial score (nSPS) is 21.5. The molecule has 0 atom stereocenters. The highest BCUT2D eigenvalue weighted by atomic mass is 16.7. The van der Waals surface area contributed by atoms with E-state index in [1.54, 1.807) is 5.01 Å². The van der Waals surface area contributed by atoms with E-state index < -0.39 is 0 Å². The van der Waals surface area contributed by atoms with Crippen molar-refractivity contribution in [2.75, 3.05) is 26.6 Å². The molecule has 1 fully saturated rings. The SMILES string of the molecule is CC(C)(C)CCN1CN(N)CN(OC(C)(C)C)C1. The van der Waals surface area contributed by atoms with Crippen LogP contribution in [0.4, 0.5) is 0 Å². The van der Waals surface area contributed by atoms with Crippen LogP contribution in [0.1, 0.15) is 48.0 Å². The molecule has 1 heterocycles. The summed E-state index contributed by atoms with van der Waals surface area (Å²) in [4.78, 5) is 8.20. The molecule has 0 aromatic heterocycles. The molecule has 0 aromatic rings. The lowest BCUT2D eigenvalue weighted by Crippen LogP contribution is -2.58. The van der Waals surface area contributed by atoms with E-state index in [9.17, 15) is 0 Å². The summed E-state index contributed by atoms with van der Waals surface area (Å²) in [6.45, 7) is 16.3. The first-order chi connectivity index (χ1) is 8.05. The van der Waals surface area contributed by atoms with Crippen molar-refractivity contribution >= 4 is 0 Å². The minimum absolute atomic E-state index is 0.173. The van der Waals surface area contributed by atoms with Crippen LogP contribution in [0.15, 0.2) is 0 Å². The summed E-state index contributed by atoms with van der Waals surface area (Å²) >= 11 is 0. The summed E-state index contributed by atoms with van der Waals surface area (Å²) in [6.07, 6.45) is 1.16. The van der Waals surface area contributed by atoms with Crippen molar-refractivity contribution in [3.8, 4) is 0 Å². The molecular weight excluding hydrogens is 228 g/mol. The van der Waals surface area contributed by atoms with E-state index in [4.69, 9.17) is 10.7 Å². The molecule has 2 N–H and O–H groups in total. The third-order valence-electron chi connectivity index (χ3n) is 2.66. The summed E-state index contributed by atoms with van der Waals surface area (Å²) in [5, 5.41) is 3.73. The summed E-state index contributed by atoms with van der Waals surface area (Å²) in [6, 6.07) is 0. The lowest BCUT2D eigenvalue weighted by molar-refractivity contribution is -0.282. The van der Waals surface area contributed by atoms with Gasteiger partial charge in [0, 0.05) is 6.54 Å². The molecule has 1 saturated heterocycles. The Kier molecular flexibility index (Phi) is 5.14. The van der Waals surface area contributed by atoms with Gasteiger partial charge in [-0.05, 0) is 32.6 Å². The zero-order valence-electron chi connectivity index (χ0n) is 12.9. The van der Waals surface area contributed by atoms with Crippen molar-refractivity contribution in [2.45, 2.75) is 53.6 Å². The van der Waals surface area contributed by atoms with Gasteiger partial charge in [-0.1, -0.05) is 20.8 Å². The van der Waals surface area contributed by atoms with Crippen molar-refractivity contribution in [2.24, 2.45) is 11.3 Å². The molecule has 1 aliphatic rings. The standard InChI is InChI=1S/C13H30N4O/c1-12(2,3)7-8-15-9-16(14)11-17(10-15)18-13(4,5)6/h7-11,14H2,1-6H3. The lowest BCUT2D eigenvalue weighted by Gasteiger charge is -2.42. The van der Waals surface area contributed by atoms with Crippen LogP contribution in [0, 0.1) is 5.41 Å². The molecule has 0 aliphatic carbocycles. The minimum atomic E-state index is -0.173. The van der Waals surface area contributed by atoms with Crippen molar-refractivity contribution in [1.29, 1.82) is 0 Å². The van der Waals surface area contributed by atoms with Gasteiger partial charge in [-0.15, -0.1) is 0 Å². The van der Waals surface area contributed by atoms with E-state index in [0.29, 0.717) is 12.1 Å². The fraction of sp³-hybridized carbons (Fsp3) is 1.00. The summed E-state index contributed by atoms with van der Waals surface area (Å²) in [5.41, 5.74) is 0.181. The Morgan fingerprint density at radius 2 is 1.61 bits per heavy atom. The maximum atomic E-state index is 5.94. The fourth-order valence-electron chi connectivity index (χ4n) is 1.90. The smallest absolute Gasteiger partial charge is 0.0918 e. The van der Waals surface area contributed by atoms with E-state index >= 15 is 0 Å². The monoisotopic (exact) mass is 258 g/mol. The van der Waals surface area contributed by atoms with Crippen molar-refractivity contribution < 1.29 is 4.84 Å². The predicted molar refractivity (Wildman–Crippen MR) is 74.1 cm³/mol. The second-order valence-corrected chi connectivity index (χ2v) is 7.40. The van der Waals surface area contributed by atoms with Gasteiger partial charge in [0.25, 0.3) is 0 Å². The van der Waals surface area contributed by atoms with Gasteiger partial charge in [0.2, 0.25) is 0 Å². The van der Waals surface area contributed by atoms with Crippen LogP contribution in [0.2, 0.25) is 0 Å². The molecule has 1 rings (SSSR count). The Balaban J connectivity index is 2.45. The average molecular weight is 258 g/mol. The van der Waals surface area contributed by atoms with Crippen molar-refractivity contribution in [1.82, 2.24) is 15.0 Å². The highest BCUT2D eigenvalue weighted by molar-refractivity contribution is 4.68. The number of nitrogens with zero attached hydrogens (tertiary/aromatic N) is 3. The third kappa shape index (κ3) is 6.66. The van der Waals surface area contributed by atoms with Gasteiger partial charge in [0.05, 0.1) is 25.6 Å². The minimum Gasteiger partial charge on any atom is -0.291 e. The van der Waals surface area contributed by atoms with Gasteiger partial charge in [0.1, 0.15) is 0 Å². The van der Waals surface area contributed by atoms with Gasteiger partial charge in [-0.3, -0.25) is 15.6 Å². The van der Waals surface area contributed by atoms with E-state index in [-0.39, 0.29) is 5.60 Å². The quantitative estimate of drug-likeness (QED) is 0.782. The summed E-state index contributed by atoms with van der Waals surface area (Å²) < 4.78 is 0. The van der Waals surface area contributed by atoms with Gasteiger partial charge in [-0.25, -0.2) is 5.01 Å². The van der Waals surface area contributed by atoms with E-state index in [1.165, 1.54) is 0 Å². The van der Waals surface area contributed by atoms with Crippen LogP contribution in [-0.4, -0.2) is 47.1 Å². The Hall–Kier alpha value is -0.200. The van der Waals surface area contributed by atoms with Crippen LogP contribution < -0.4 is 5.84 Å². The number of nitrogens with two attached hydrogens (primary N) is 1. The van der Waals surface area contributed by atoms with Gasteiger partial charge >= 0.3 is 0 Å². The maximum Gasteiger partial charge on any atom is 0.0918 e. The summed E-state index contributed by atoms with van der Waals surface area (Å²) in [7, 11) is 0. The third-order valence-corrected chi connectivity index (χ3v) is 2.66. The molecule has 0 radical (unpaired) electrons. The first kappa shape index (κ1) is 15.9. The zero-order chi connectivity index (χ0) is 14.0. The Morgan fingerprint density at radius 3 is 2.11 bits per heavy atom. The number of hydroxylamine groups is 2. The number of rotatable bonds is 3. The first-order valence-corrected chi connectivity index (χ1v) is 6.71. The highest BCUT2D eigenvalue weighted by Crippen LogP contribution is 2.20. The second kappa shape index (κ2) is 5.84. The van der Waals surface area contributed by atoms with Crippen molar-refractivity contribution in [3.63, 3.8) is 0 Å². The number of hydrazine groups is 1. The Labute approximate surface area is 112 Å². The van der Waals surface area contributed by atoms with Crippen LogP contribution in [-0.2, 0) is 4.84 Å². The molecule has 0 unspecified atom stereocenters. The van der Waals surface area contributed by atoms with E-state index in [2.05, 4.69) is 46.4 Å². The largest absolute Gasteiger partial charge is 0.291 e.